The zero-order valence-electron chi connectivity index (χ0n) is 21.6. The fourth-order valence-corrected chi connectivity index (χ4v) is 7.63. The van der Waals surface area contributed by atoms with Crippen molar-refractivity contribution in [1.29, 1.82) is 0 Å². The van der Waals surface area contributed by atoms with Crippen molar-refractivity contribution >= 4 is 83.1 Å². The molecule has 41 heavy (non-hydrogen) atoms. The zero-order valence-corrected chi connectivity index (χ0v) is 21.6. The van der Waals surface area contributed by atoms with E-state index in [1.807, 2.05) is 24.3 Å². The van der Waals surface area contributed by atoms with Crippen LogP contribution < -0.4 is 25.9 Å². The molecule has 5 heterocycles. The molecule has 0 saturated carbocycles. The molecule has 5 heteroatoms. The van der Waals surface area contributed by atoms with Crippen LogP contribution in [0.3, 0.4) is 0 Å². The number of hydrogen-bond donors (Lipinski definition) is 0. The van der Waals surface area contributed by atoms with Crippen LogP contribution in [0.1, 0.15) is 0 Å². The van der Waals surface area contributed by atoms with Gasteiger partial charge in [-0.1, -0.05) is 78.9 Å². The Morgan fingerprint density at radius 1 is 0.537 bits per heavy atom. The monoisotopic (exact) mass is 523 g/mol. The van der Waals surface area contributed by atoms with Gasteiger partial charge < -0.3 is 18.3 Å². The minimum Gasteiger partial charge on any atom is -0.458 e. The van der Waals surface area contributed by atoms with Gasteiger partial charge in [-0.2, -0.15) is 0 Å². The molecule has 0 amide bonds. The molecule has 2 aliphatic heterocycles. The molecule has 0 atom stereocenters. The van der Waals surface area contributed by atoms with Crippen molar-refractivity contribution in [3.05, 3.63) is 109 Å². The summed E-state index contributed by atoms with van der Waals surface area (Å²) >= 11 is 0. The molecule has 4 nitrogen and oxygen atoms in total. The molecule has 9 aromatic rings. The summed E-state index contributed by atoms with van der Waals surface area (Å²) < 4.78 is 22.6. The van der Waals surface area contributed by atoms with Gasteiger partial charge in [0.1, 0.15) is 22.8 Å². The topological polar surface area (TPSA) is 36.0 Å². The second-order valence-corrected chi connectivity index (χ2v) is 11.2. The molecule has 6 aromatic carbocycles. The lowest BCUT2D eigenvalue weighted by atomic mass is 9.34. The number of hydrogen-bond acceptors (Lipinski definition) is 3. The molecule has 0 N–H and O–H groups in total. The first-order chi connectivity index (χ1) is 20.3. The molecular formula is C36H18BNO3. The molecule has 11 rings (SSSR count). The summed E-state index contributed by atoms with van der Waals surface area (Å²) in [6, 6.07) is 38.5. The molecule has 0 fully saturated rings. The fourth-order valence-electron chi connectivity index (χ4n) is 7.63. The molecular weight excluding hydrogens is 505 g/mol. The van der Waals surface area contributed by atoms with Gasteiger partial charge in [-0.25, -0.2) is 0 Å². The third kappa shape index (κ3) is 2.29. The summed E-state index contributed by atoms with van der Waals surface area (Å²) in [5, 5.41) is 6.93. The van der Waals surface area contributed by atoms with Crippen LogP contribution in [0, 0.1) is 0 Å². The molecule has 2 aliphatic rings. The summed E-state index contributed by atoms with van der Waals surface area (Å²) in [5.41, 5.74) is 8.53. The van der Waals surface area contributed by atoms with Gasteiger partial charge in [0.15, 0.2) is 11.3 Å². The third-order valence-electron chi connectivity index (χ3n) is 9.25. The van der Waals surface area contributed by atoms with Crippen molar-refractivity contribution in [2.24, 2.45) is 0 Å². The quantitative estimate of drug-likeness (QED) is 0.194. The van der Waals surface area contributed by atoms with Crippen molar-refractivity contribution in [3.8, 4) is 23.0 Å². The average Bonchev–Trinajstić information content (AvgIpc) is 3.68. The van der Waals surface area contributed by atoms with E-state index in [1.54, 1.807) is 0 Å². The molecule has 0 bridgehead atoms. The van der Waals surface area contributed by atoms with Crippen LogP contribution in [-0.4, -0.2) is 11.1 Å². The van der Waals surface area contributed by atoms with E-state index in [-0.39, 0.29) is 6.71 Å². The maximum Gasteiger partial charge on any atom is 0.260 e. The Balaban J connectivity index is 1.33. The van der Waals surface area contributed by atoms with E-state index in [2.05, 4.69) is 89.3 Å². The molecule has 0 saturated heterocycles. The van der Waals surface area contributed by atoms with E-state index < -0.39 is 0 Å². The zero-order chi connectivity index (χ0) is 26.4. The first-order valence-electron chi connectivity index (χ1n) is 14.0. The van der Waals surface area contributed by atoms with Crippen LogP contribution in [0.15, 0.2) is 114 Å². The summed E-state index contributed by atoms with van der Waals surface area (Å²) in [7, 11) is 0. The maximum atomic E-state index is 7.08. The predicted molar refractivity (Wildman–Crippen MR) is 166 cm³/mol. The number of nitrogens with zero attached hydrogens (tertiary/aromatic N) is 1. The van der Waals surface area contributed by atoms with E-state index in [9.17, 15) is 0 Å². The summed E-state index contributed by atoms with van der Waals surface area (Å²) in [6.07, 6.45) is 0. The number of fused-ring (bicyclic) bond motifs is 15. The highest BCUT2D eigenvalue weighted by Crippen LogP contribution is 2.47. The number of aromatic nitrogens is 1. The second-order valence-electron chi connectivity index (χ2n) is 11.2. The van der Waals surface area contributed by atoms with Crippen LogP contribution in [-0.2, 0) is 0 Å². The molecule has 0 unspecified atom stereocenters. The minimum absolute atomic E-state index is 0.0347. The van der Waals surface area contributed by atoms with Gasteiger partial charge in [0, 0.05) is 32.4 Å². The summed E-state index contributed by atoms with van der Waals surface area (Å²) in [5.74, 6) is 3.36. The van der Waals surface area contributed by atoms with Crippen molar-refractivity contribution in [1.82, 2.24) is 4.40 Å². The highest BCUT2D eigenvalue weighted by Gasteiger charge is 2.43. The van der Waals surface area contributed by atoms with Crippen LogP contribution in [0.25, 0.3) is 60.0 Å². The van der Waals surface area contributed by atoms with Gasteiger partial charge in [0.25, 0.3) is 6.71 Å². The Morgan fingerprint density at radius 3 is 2.32 bits per heavy atom. The van der Waals surface area contributed by atoms with Crippen molar-refractivity contribution in [2.45, 2.75) is 0 Å². The Morgan fingerprint density at radius 2 is 1.34 bits per heavy atom. The van der Waals surface area contributed by atoms with E-state index in [4.69, 9.17) is 13.9 Å². The normalized spacial score (nSPS) is 13.7. The highest BCUT2D eigenvalue weighted by atomic mass is 16.5. The molecule has 3 aromatic heterocycles. The van der Waals surface area contributed by atoms with E-state index in [1.165, 1.54) is 27.2 Å². The first kappa shape index (κ1) is 20.5. The smallest absolute Gasteiger partial charge is 0.260 e. The lowest BCUT2D eigenvalue weighted by molar-refractivity contribution is 0.465. The number of para-hydroxylation sites is 4. The van der Waals surface area contributed by atoms with Gasteiger partial charge in [-0.3, -0.25) is 0 Å². The summed E-state index contributed by atoms with van der Waals surface area (Å²) in [4.78, 5) is 0. The van der Waals surface area contributed by atoms with E-state index in [0.29, 0.717) is 0 Å². The lowest BCUT2D eigenvalue weighted by Gasteiger charge is -2.33. The number of benzene rings is 6. The summed E-state index contributed by atoms with van der Waals surface area (Å²) in [6.45, 7) is -0.0347. The van der Waals surface area contributed by atoms with E-state index in [0.717, 1.165) is 72.2 Å². The molecule has 0 spiro atoms. The molecule has 0 aliphatic carbocycles. The average molecular weight is 523 g/mol. The standard InChI is InChI=1S/C36H18BNO3/c1-4-13-26-19(8-1)21-10-7-11-22-31-27(38(26)33(21)22)17-16-25-35(31)41-36-32-30(39-29-15-6-3-12-24(29)37(25)32)18-23-20-9-2-5-14-28(20)40-34(23)36/h1-18H. The Kier molecular flexibility index (Phi) is 3.41. The molecule has 188 valence electrons. The number of ether oxygens (including phenoxy) is 2. The highest BCUT2D eigenvalue weighted by molar-refractivity contribution is 6.98. The first-order valence-corrected chi connectivity index (χ1v) is 14.0. The number of rotatable bonds is 0. The predicted octanol–water partition coefficient (Wildman–Crippen LogP) is 7.46. The van der Waals surface area contributed by atoms with Crippen LogP contribution in [0.4, 0.5) is 0 Å². The maximum absolute atomic E-state index is 7.08. The lowest BCUT2D eigenvalue weighted by Crippen LogP contribution is -2.57. The van der Waals surface area contributed by atoms with Crippen molar-refractivity contribution in [3.63, 3.8) is 0 Å². The van der Waals surface area contributed by atoms with Crippen LogP contribution in [0.5, 0.6) is 23.0 Å². The van der Waals surface area contributed by atoms with Crippen molar-refractivity contribution < 1.29 is 13.9 Å². The Labute approximate surface area is 233 Å². The van der Waals surface area contributed by atoms with Crippen LogP contribution >= 0.6 is 0 Å². The van der Waals surface area contributed by atoms with Crippen molar-refractivity contribution in [2.75, 3.05) is 0 Å². The minimum atomic E-state index is -0.0347. The van der Waals surface area contributed by atoms with Gasteiger partial charge in [-0.15, -0.1) is 0 Å². The third-order valence-corrected chi connectivity index (χ3v) is 9.25. The van der Waals surface area contributed by atoms with Gasteiger partial charge in [-0.05, 0) is 41.3 Å². The van der Waals surface area contributed by atoms with Gasteiger partial charge in [0.2, 0.25) is 0 Å². The number of furan rings is 1. The van der Waals surface area contributed by atoms with Gasteiger partial charge >= 0.3 is 0 Å². The largest absolute Gasteiger partial charge is 0.458 e. The van der Waals surface area contributed by atoms with E-state index >= 15 is 0 Å². The van der Waals surface area contributed by atoms with Crippen LogP contribution in [0.2, 0.25) is 0 Å². The Bertz CT molecular complexity index is 2610. The SMILES string of the molecule is c1ccc2c(c1)Oc1cc3c(oc4ccccc43)c3c1B2c1ccc2c(c1O3)c1cccc3c4ccccc4n2c31. The fraction of sp³-hybridized carbons (Fsp3) is 0. The Hall–Kier alpha value is -5.42. The van der Waals surface area contributed by atoms with Gasteiger partial charge in [0.05, 0.1) is 21.9 Å². The second kappa shape index (κ2) is 6.83. The molecule has 0 radical (unpaired) electrons.